The molecule has 28 heavy (non-hydrogen) atoms. The number of imidazole rings is 1. The first-order valence-electron chi connectivity index (χ1n) is 8.93. The second kappa shape index (κ2) is 9.58. The number of carbonyl (C=O) groups excluding carboxylic acids is 1. The molecule has 0 saturated heterocycles. The van der Waals surface area contributed by atoms with Crippen molar-refractivity contribution in [2.24, 2.45) is 0 Å². The van der Waals surface area contributed by atoms with E-state index in [2.05, 4.69) is 4.98 Å². The van der Waals surface area contributed by atoms with E-state index in [4.69, 9.17) is 27.9 Å². The van der Waals surface area contributed by atoms with Crippen LogP contribution in [0, 0.1) is 0 Å². The lowest BCUT2D eigenvalue weighted by Crippen LogP contribution is -2.11. The molecule has 1 aromatic heterocycles. The van der Waals surface area contributed by atoms with Crippen molar-refractivity contribution in [3.8, 4) is 0 Å². The van der Waals surface area contributed by atoms with E-state index >= 15 is 0 Å². The van der Waals surface area contributed by atoms with Crippen LogP contribution in [0.4, 0.5) is 0 Å². The molecule has 0 aliphatic rings. The molecule has 3 rings (SSSR count). The van der Waals surface area contributed by atoms with Crippen LogP contribution in [0.1, 0.15) is 23.9 Å². The summed E-state index contributed by atoms with van der Waals surface area (Å²) in [5, 5.41) is 1.16. The molecular weight excluding hydrogens is 395 g/mol. The van der Waals surface area contributed by atoms with Crippen LogP contribution in [-0.4, -0.2) is 22.1 Å². The molecule has 0 fully saturated rings. The van der Waals surface area contributed by atoms with Crippen molar-refractivity contribution in [2.75, 3.05) is 6.61 Å². The Morgan fingerprint density at radius 1 is 1.11 bits per heavy atom. The molecule has 0 N–H and O–H groups in total. The van der Waals surface area contributed by atoms with E-state index < -0.39 is 0 Å². The van der Waals surface area contributed by atoms with Crippen molar-refractivity contribution >= 4 is 35.2 Å². The summed E-state index contributed by atoms with van der Waals surface area (Å²) in [6, 6.07) is 15.2. The number of esters is 1. The monoisotopic (exact) mass is 414 g/mol. The van der Waals surface area contributed by atoms with Gasteiger partial charge >= 0.3 is 5.97 Å². The van der Waals surface area contributed by atoms with E-state index in [1.54, 1.807) is 25.3 Å². The molecule has 4 nitrogen and oxygen atoms in total. The number of benzene rings is 2. The summed E-state index contributed by atoms with van der Waals surface area (Å²) in [6.45, 7) is 2.65. The van der Waals surface area contributed by atoms with Gasteiger partial charge in [0.2, 0.25) is 0 Å². The van der Waals surface area contributed by atoms with Gasteiger partial charge in [0.1, 0.15) is 5.82 Å². The van der Waals surface area contributed by atoms with Gasteiger partial charge in [0.25, 0.3) is 0 Å². The highest BCUT2D eigenvalue weighted by atomic mass is 35.5. The van der Waals surface area contributed by atoms with Crippen LogP contribution in [0.3, 0.4) is 0 Å². The standard InChI is InChI=1S/C22H20Cl2N2O2/c1-2-28-22(27)18(10-16-6-4-3-5-7-16)13-21-25-8-9-26(21)15-17-11-19(23)14-20(24)12-17/h3-9,11-14H,2,10,15H2,1H3/b18-13-. The lowest BCUT2D eigenvalue weighted by Gasteiger charge is -2.10. The minimum atomic E-state index is -0.341. The maximum absolute atomic E-state index is 12.5. The van der Waals surface area contributed by atoms with Gasteiger partial charge in [-0.3, -0.25) is 0 Å². The smallest absolute Gasteiger partial charge is 0.334 e. The van der Waals surface area contributed by atoms with Crippen molar-refractivity contribution in [3.05, 3.63) is 93.5 Å². The second-order valence-electron chi connectivity index (χ2n) is 6.24. The number of rotatable bonds is 7. The zero-order valence-corrected chi connectivity index (χ0v) is 17.0. The molecule has 144 valence electrons. The first kappa shape index (κ1) is 20.2. The fourth-order valence-corrected chi connectivity index (χ4v) is 3.44. The highest BCUT2D eigenvalue weighted by Gasteiger charge is 2.14. The Morgan fingerprint density at radius 2 is 1.82 bits per heavy atom. The van der Waals surface area contributed by atoms with Crippen LogP contribution in [-0.2, 0) is 22.5 Å². The van der Waals surface area contributed by atoms with Crippen molar-refractivity contribution < 1.29 is 9.53 Å². The quantitative estimate of drug-likeness (QED) is 0.382. The van der Waals surface area contributed by atoms with Gasteiger partial charge in [-0.2, -0.15) is 0 Å². The molecule has 0 spiro atoms. The fraction of sp³-hybridized carbons (Fsp3) is 0.182. The molecular formula is C22H20Cl2N2O2. The van der Waals surface area contributed by atoms with Crippen LogP contribution in [0.25, 0.3) is 6.08 Å². The first-order chi connectivity index (χ1) is 13.5. The molecule has 6 heteroatoms. The van der Waals surface area contributed by atoms with Gasteiger partial charge in [-0.15, -0.1) is 0 Å². The molecule has 0 atom stereocenters. The number of hydrogen-bond donors (Lipinski definition) is 0. The van der Waals surface area contributed by atoms with Crippen LogP contribution in [0.2, 0.25) is 10.0 Å². The normalized spacial score (nSPS) is 11.5. The zero-order valence-electron chi connectivity index (χ0n) is 15.4. The average molecular weight is 415 g/mol. The van der Waals surface area contributed by atoms with Crippen molar-refractivity contribution in [1.29, 1.82) is 0 Å². The molecule has 3 aromatic rings. The van der Waals surface area contributed by atoms with E-state index in [0.717, 1.165) is 11.1 Å². The van der Waals surface area contributed by atoms with E-state index in [9.17, 15) is 4.79 Å². The zero-order chi connectivity index (χ0) is 19.9. The lowest BCUT2D eigenvalue weighted by atomic mass is 10.0. The summed E-state index contributed by atoms with van der Waals surface area (Å²) >= 11 is 12.2. The predicted octanol–water partition coefficient (Wildman–Crippen LogP) is 5.43. The van der Waals surface area contributed by atoms with E-state index in [1.165, 1.54) is 0 Å². The largest absolute Gasteiger partial charge is 0.463 e. The number of aromatic nitrogens is 2. The molecule has 0 radical (unpaired) electrons. The summed E-state index contributed by atoms with van der Waals surface area (Å²) in [4.78, 5) is 16.9. The Kier molecular flexibility index (Phi) is 6.90. The Labute approximate surface area is 174 Å². The van der Waals surface area contributed by atoms with Crippen molar-refractivity contribution in [1.82, 2.24) is 9.55 Å². The molecule has 2 aromatic carbocycles. The van der Waals surface area contributed by atoms with Crippen LogP contribution in [0.5, 0.6) is 0 Å². The summed E-state index contributed by atoms with van der Waals surface area (Å²) in [5.74, 6) is 0.321. The van der Waals surface area contributed by atoms with Crippen LogP contribution < -0.4 is 0 Å². The predicted molar refractivity (Wildman–Crippen MR) is 113 cm³/mol. The SMILES string of the molecule is CCOC(=O)/C(=C\c1nccn1Cc1cc(Cl)cc(Cl)c1)Cc1ccccc1. The van der Waals surface area contributed by atoms with Gasteiger partial charge in [0.05, 0.1) is 6.61 Å². The van der Waals surface area contributed by atoms with E-state index in [0.29, 0.717) is 41.0 Å². The van der Waals surface area contributed by atoms with E-state index in [1.807, 2.05) is 53.2 Å². The fourth-order valence-electron chi connectivity index (χ4n) is 2.87. The molecule has 0 saturated carbocycles. The van der Waals surface area contributed by atoms with Gasteiger partial charge in [0.15, 0.2) is 0 Å². The molecule has 0 unspecified atom stereocenters. The maximum atomic E-state index is 12.5. The Balaban J connectivity index is 1.90. The minimum absolute atomic E-state index is 0.320. The topological polar surface area (TPSA) is 44.1 Å². The molecule has 0 bridgehead atoms. The first-order valence-corrected chi connectivity index (χ1v) is 9.68. The highest BCUT2D eigenvalue weighted by Crippen LogP contribution is 2.21. The van der Waals surface area contributed by atoms with Crippen LogP contribution >= 0.6 is 23.2 Å². The second-order valence-corrected chi connectivity index (χ2v) is 7.12. The minimum Gasteiger partial charge on any atom is -0.463 e. The third-order valence-corrected chi connectivity index (χ3v) is 4.54. The average Bonchev–Trinajstić information content (AvgIpc) is 3.08. The summed E-state index contributed by atoms with van der Waals surface area (Å²) in [6.07, 6.45) is 5.79. The third-order valence-electron chi connectivity index (χ3n) is 4.10. The Bertz CT molecular complexity index is 961. The number of carbonyl (C=O) groups is 1. The maximum Gasteiger partial charge on any atom is 0.334 e. The Morgan fingerprint density at radius 3 is 2.50 bits per heavy atom. The summed E-state index contributed by atoms with van der Waals surface area (Å²) < 4.78 is 7.17. The number of halogens is 2. The van der Waals surface area contributed by atoms with Gasteiger partial charge in [-0.25, -0.2) is 9.78 Å². The molecule has 0 amide bonds. The summed E-state index contributed by atoms with van der Waals surface area (Å²) in [7, 11) is 0. The molecule has 0 aliphatic carbocycles. The molecule has 0 aliphatic heterocycles. The number of nitrogens with zero attached hydrogens (tertiary/aromatic N) is 2. The van der Waals surface area contributed by atoms with Gasteiger partial charge in [-0.1, -0.05) is 53.5 Å². The Hall–Kier alpha value is -2.56. The van der Waals surface area contributed by atoms with Gasteiger partial charge < -0.3 is 9.30 Å². The van der Waals surface area contributed by atoms with E-state index in [-0.39, 0.29) is 5.97 Å². The van der Waals surface area contributed by atoms with Crippen molar-refractivity contribution in [3.63, 3.8) is 0 Å². The number of hydrogen-bond acceptors (Lipinski definition) is 3. The van der Waals surface area contributed by atoms with Gasteiger partial charge in [-0.05, 0) is 42.3 Å². The van der Waals surface area contributed by atoms with Crippen molar-refractivity contribution in [2.45, 2.75) is 19.9 Å². The summed E-state index contributed by atoms with van der Waals surface area (Å²) in [5.41, 5.74) is 2.53. The lowest BCUT2D eigenvalue weighted by molar-refractivity contribution is -0.138. The van der Waals surface area contributed by atoms with Gasteiger partial charge in [0, 0.05) is 41.0 Å². The van der Waals surface area contributed by atoms with Crippen LogP contribution in [0.15, 0.2) is 66.5 Å². The highest BCUT2D eigenvalue weighted by molar-refractivity contribution is 6.34. The number of ether oxygens (including phenoxy) is 1. The molecule has 1 heterocycles. The third kappa shape index (κ3) is 5.47.